The van der Waals surface area contributed by atoms with Gasteiger partial charge in [0.1, 0.15) is 5.75 Å². The van der Waals surface area contributed by atoms with Crippen LogP contribution in [0.4, 0.5) is 0 Å². The highest BCUT2D eigenvalue weighted by atomic mass is 16.5. The molecule has 0 radical (unpaired) electrons. The Morgan fingerprint density at radius 2 is 1.95 bits per heavy atom. The molecular weight excluding hydrogens is 256 g/mol. The molecule has 0 unspecified atom stereocenters. The summed E-state index contributed by atoms with van der Waals surface area (Å²) in [5.41, 5.74) is 2.92. The maximum atomic E-state index is 5.77. The van der Waals surface area contributed by atoms with Crippen LogP contribution in [-0.4, -0.2) is 6.61 Å². The van der Waals surface area contributed by atoms with Crippen molar-refractivity contribution in [3.8, 4) is 5.75 Å². The average Bonchev–Trinajstić information content (AvgIpc) is 2.51. The fraction of sp³-hybridized carbons (Fsp3) is 0.600. The minimum absolute atomic E-state index is 0.748. The molecule has 1 aliphatic carbocycles. The van der Waals surface area contributed by atoms with Crippen molar-refractivity contribution in [2.75, 3.05) is 6.61 Å². The first-order chi connectivity index (χ1) is 10.3. The summed E-state index contributed by atoms with van der Waals surface area (Å²) in [7, 11) is 0. The van der Waals surface area contributed by atoms with E-state index in [1.807, 2.05) is 0 Å². The molecule has 0 saturated heterocycles. The smallest absolute Gasteiger partial charge is 0.122 e. The molecule has 1 saturated carbocycles. The topological polar surface area (TPSA) is 9.23 Å². The van der Waals surface area contributed by atoms with Crippen molar-refractivity contribution >= 4 is 0 Å². The molecule has 1 aromatic rings. The van der Waals surface area contributed by atoms with Gasteiger partial charge in [0.2, 0.25) is 0 Å². The van der Waals surface area contributed by atoms with Crippen LogP contribution in [0, 0.1) is 5.92 Å². The number of benzene rings is 1. The fourth-order valence-electron chi connectivity index (χ4n) is 3.58. The summed E-state index contributed by atoms with van der Waals surface area (Å²) in [6.45, 7) is 8.93. The third-order valence-corrected chi connectivity index (χ3v) is 4.72. The monoisotopic (exact) mass is 286 g/mol. The van der Waals surface area contributed by atoms with E-state index in [1.165, 1.54) is 49.7 Å². The van der Waals surface area contributed by atoms with Gasteiger partial charge in [-0.05, 0) is 74.5 Å². The van der Waals surface area contributed by atoms with Gasteiger partial charge in [-0.25, -0.2) is 0 Å². The number of hydrogen-bond acceptors (Lipinski definition) is 1. The fourth-order valence-corrected chi connectivity index (χ4v) is 3.58. The van der Waals surface area contributed by atoms with Crippen molar-refractivity contribution in [1.82, 2.24) is 0 Å². The lowest BCUT2D eigenvalue weighted by Gasteiger charge is -2.28. The molecule has 0 spiro atoms. The van der Waals surface area contributed by atoms with Crippen LogP contribution in [0.1, 0.15) is 69.4 Å². The van der Waals surface area contributed by atoms with Crippen molar-refractivity contribution in [2.24, 2.45) is 5.92 Å². The standard InChI is InChI=1S/C20H30O/c1-4-7-16-9-11-17(12-10-16)18-13-14-20(21-6-3)19(15-18)8-5-2/h4,13-17H,1,5-12H2,2-3H3. The average molecular weight is 286 g/mol. The van der Waals surface area contributed by atoms with E-state index in [2.05, 4.69) is 44.7 Å². The maximum absolute atomic E-state index is 5.77. The Balaban J connectivity index is 2.06. The predicted molar refractivity (Wildman–Crippen MR) is 91.1 cm³/mol. The predicted octanol–water partition coefficient (Wildman–Crippen LogP) is 5.89. The van der Waals surface area contributed by atoms with Crippen LogP contribution < -0.4 is 4.74 Å². The molecule has 1 fully saturated rings. The normalized spacial score (nSPS) is 22.0. The van der Waals surface area contributed by atoms with Gasteiger partial charge in [0.05, 0.1) is 6.61 Å². The van der Waals surface area contributed by atoms with Crippen LogP contribution in [0.5, 0.6) is 5.75 Å². The first-order valence-corrected chi connectivity index (χ1v) is 8.65. The summed E-state index contributed by atoms with van der Waals surface area (Å²) < 4.78 is 5.77. The zero-order valence-corrected chi connectivity index (χ0v) is 13.7. The van der Waals surface area contributed by atoms with Crippen molar-refractivity contribution in [3.05, 3.63) is 42.0 Å². The number of rotatable bonds is 7. The lowest BCUT2D eigenvalue weighted by atomic mass is 9.77. The molecule has 0 bridgehead atoms. The lowest BCUT2D eigenvalue weighted by Crippen LogP contribution is -2.13. The van der Waals surface area contributed by atoms with Crippen LogP contribution in [0.15, 0.2) is 30.9 Å². The van der Waals surface area contributed by atoms with E-state index >= 15 is 0 Å². The van der Waals surface area contributed by atoms with Crippen molar-refractivity contribution in [1.29, 1.82) is 0 Å². The van der Waals surface area contributed by atoms with Gasteiger partial charge in [-0.3, -0.25) is 0 Å². The van der Waals surface area contributed by atoms with Gasteiger partial charge < -0.3 is 4.74 Å². The van der Waals surface area contributed by atoms with E-state index in [1.54, 1.807) is 0 Å². The molecule has 0 heterocycles. The van der Waals surface area contributed by atoms with Gasteiger partial charge in [-0.1, -0.05) is 31.6 Å². The molecular formula is C20H30O. The van der Waals surface area contributed by atoms with Crippen LogP contribution in [0.2, 0.25) is 0 Å². The van der Waals surface area contributed by atoms with E-state index in [0.717, 1.165) is 30.6 Å². The highest BCUT2D eigenvalue weighted by Crippen LogP contribution is 2.38. The van der Waals surface area contributed by atoms with Gasteiger partial charge in [0.25, 0.3) is 0 Å². The highest BCUT2D eigenvalue weighted by molar-refractivity contribution is 5.39. The molecule has 116 valence electrons. The second kappa shape index (κ2) is 8.26. The van der Waals surface area contributed by atoms with E-state index in [4.69, 9.17) is 4.74 Å². The van der Waals surface area contributed by atoms with Crippen molar-refractivity contribution in [2.45, 2.75) is 64.7 Å². The molecule has 0 N–H and O–H groups in total. The Kier molecular flexibility index (Phi) is 6.35. The Bertz CT molecular complexity index is 441. The molecule has 0 aromatic heterocycles. The summed E-state index contributed by atoms with van der Waals surface area (Å²) in [6, 6.07) is 6.90. The summed E-state index contributed by atoms with van der Waals surface area (Å²) in [4.78, 5) is 0. The first kappa shape index (κ1) is 16.1. The third-order valence-electron chi connectivity index (χ3n) is 4.72. The van der Waals surface area contributed by atoms with Crippen LogP contribution in [-0.2, 0) is 6.42 Å². The maximum Gasteiger partial charge on any atom is 0.122 e. The van der Waals surface area contributed by atoms with Crippen molar-refractivity contribution < 1.29 is 4.74 Å². The van der Waals surface area contributed by atoms with E-state index in [0.29, 0.717) is 0 Å². The summed E-state index contributed by atoms with van der Waals surface area (Å²) in [5, 5.41) is 0. The van der Waals surface area contributed by atoms with Crippen molar-refractivity contribution in [3.63, 3.8) is 0 Å². The highest BCUT2D eigenvalue weighted by Gasteiger charge is 2.22. The van der Waals surface area contributed by atoms with Gasteiger partial charge in [-0.15, -0.1) is 6.58 Å². The SMILES string of the molecule is C=CCC1CCC(c2ccc(OCC)c(CCC)c2)CC1. The molecule has 1 heteroatoms. The quantitative estimate of drug-likeness (QED) is 0.568. The molecule has 0 atom stereocenters. The summed E-state index contributed by atoms with van der Waals surface area (Å²) in [5.74, 6) is 2.71. The van der Waals surface area contributed by atoms with Crippen LogP contribution in [0.25, 0.3) is 0 Å². The zero-order valence-electron chi connectivity index (χ0n) is 13.7. The van der Waals surface area contributed by atoms with E-state index in [-0.39, 0.29) is 0 Å². The first-order valence-electron chi connectivity index (χ1n) is 8.65. The Morgan fingerprint density at radius 1 is 1.19 bits per heavy atom. The van der Waals surface area contributed by atoms with Gasteiger partial charge in [0, 0.05) is 0 Å². The van der Waals surface area contributed by atoms with Crippen LogP contribution >= 0.6 is 0 Å². The molecule has 21 heavy (non-hydrogen) atoms. The van der Waals surface area contributed by atoms with E-state index < -0.39 is 0 Å². The van der Waals surface area contributed by atoms with Gasteiger partial charge >= 0.3 is 0 Å². The Labute approximate surface area is 130 Å². The number of ether oxygens (including phenoxy) is 1. The number of allylic oxidation sites excluding steroid dienone is 1. The lowest BCUT2D eigenvalue weighted by molar-refractivity contribution is 0.326. The summed E-state index contributed by atoms with van der Waals surface area (Å²) >= 11 is 0. The molecule has 0 aliphatic heterocycles. The minimum atomic E-state index is 0.748. The number of hydrogen-bond donors (Lipinski definition) is 0. The number of aryl methyl sites for hydroxylation is 1. The summed E-state index contributed by atoms with van der Waals surface area (Å²) in [6.07, 6.45) is 10.9. The molecule has 1 nitrogen and oxygen atoms in total. The third kappa shape index (κ3) is 4.36. The van der Waals surface area contributed by atoms with E-state index in [9.17, 15) is 0 Å². The molecule has 2 rings (SSSR count). The molecule has 1 aromatic carbocycles. The van der Waals surface area contributed by atoms with Crippen LogP contribution in [0.3, 0.4) is 0 Å². The second-order valence-electron chi connectivity index (χ2n) is 6.29. The van der Waals surface area contributed by atoms with Gasteiger partial charge in [0.15, 0.2) is 0 Å². The molecule has 1 aliphatic rings. The largest absolute Gasteiger partial charge is 0.494 e. The Morgan fingerprint density at radius 3 is 2.57 bits per heavy atom. The molecule has 0 amide bonds. The second-order valence-corrected chi connectivity index (χ2v) is 6.29. The Hall–Kier alpha value is -1.24. The van der Waals surface area contributed by atoms with Gasteiger partial charge in [-0.2, -0.15) is 0 Å². The zero-order chi connectivity index (χ0) is 15.1. The minimum Gasteiger partial charge on any atom is -0.494 e.